The highest BCUT2D eigenvalue weighted by Gasteiger charge is 2.44. The zero-order chi connectivity index (χ0) is 13.0. The van der Waals surface area contributed by atoms with Crippen LogP contribution in [0.2, 0.25) is 0 Å². The van der Waals surface area contributed by atoms with Crippen molar-refractivity contribution in [1.82, 2.24) is 5.43 Å². The van der Waals surface area contributed by atoms with E-state index in [2.05, 4.69) is 12.3 Å². The fourth-order valence-corrected chi connectivity index (χ4v) is 3.32. The summed E-state index contributed by atoms with van der Waals surface area (Å²) in [7, 11) is 1.77. The molecular weight excluding hydrogens is 228 g/mol. The van der Waals surface area contributed by atoms with Gasteiger partial charge in [-0.05, 0) is 57.8 Å². The molecule has 2 fully saturated rings. The van der Waals surface area contributed by atoms with Crippen molar-refractivity contribution in [1.29, 1.82) is 0 Å². The Kier molecular flexibility index (Phi) is 5.01. The summed E-state index contributed by atoms with van der Waals surface area (Å²) >= 11 is 0. The maximum Gasteiger partial charge on any atom is 0.0685 e. The van der Waals surface area contributed by atoms with Crippen LogP contribution in [0.5, 0.6) is 0 Å². The van der Waals surface area contributed by atoms with Gasteiger partial charge >= 0.3 is 0 Å². The Morgan fingerprint density at radius 2 is 2.22 bits per heavy atom. The van der Waals surface area contributed by atoms with Crippen molar-refractivity contribution in [3.8, 4) is 0 Å². The smallest absolute Gasteiger partial charge is 0.0685 e. The van der Waals surface area contributed by atoms with E-state index >= 15 is 0 Å². The van der Waals surface area contributed by atoms with Gasteiger partial charge in [0.25, 0.3) is 0 Å². The van der Waals surface area contributed by atoms with E-state index in [0.29, 0.717) is 18.1 Å². The van der Waals surface area contributed by atoms with Crippen LogP contribution >= 0.6 is 0 Å². The van der Waals surface area contributed by atoms with Crippen molar-refractivity contribution in [2.24, 2.45) is 11.8 Å². The van der Waals surface area contributed by atoms with Crippen LogP contribution in [0.1, 0.15) is 51.9 Å². The Balaban J connectivity index is 1.83. The molecule has 3 atom stereocenters. The van der Waals surface area contributed by atoms with Crippen molar-refractivity contribution >= 4 is 0 Å². The molecule has 0 radical (unpaired) electrons. The minimum Gasteiger partial charge on any atom is -0.382 e. The molecule has 0 bridgehead atoms. The maximum atomic E-state index is 5.98. The van der Waals surface area contributed by atoms with Gasteiger partial charge in [0.2, 0.25) is 0 Å². The first-order chi connectivity index (χ1) is 8.69. The molecule has 3 unspecified atom stereocenters. The number of hydrogen-bond acceptors (Lipinski definition) is 4. The Labute approximate surface area is 111 Å². The van der Waals surface area contributed by atoms with Crippen LogP contribution in [-0.2, 0) is 9.47 Å². The summed E-state index contributed by atoms with van der Waals surface area (Å²) in [6.45, 7) is 3.02. The predicted molar refractivity (Wildman–Crippen MR) is 72.1 cm³/mol. The van der Waals surface area contributed by atoms with Gasteiger partial charge in [0, 0.05) is 19.8 Å². The van der Waals surface area contributed by atoms with Crippen LogP contribution in [0.4, 0.5) is 0 Å². The van der Waals surface area contributed by atoms with Gasteiger partial charge < -0.3 is 9.47 Å². The Bertz CT molecular complexity index is 256. The van der Waals surface area contributed by atoms with Gasteiger partial charge in [-0.3, -0.25) is 11.3 Å². The van der Waals surface area contributed by atoms with Crippen LogP contribution in [0.25, 0.3) is 0 Å². The van der Waals surface area contributed by atoms with Crippen LogP contribution in [0.15, 0.2) is 0 Å². The molecule has 1 aliphatic heterocycles. The Morgan fingerprint density at radius 3 is 2.78 bits per heavy atom. The molecule has 1 saturated carbocycles. The molecule has 4 nitrogen and oxygen atoms in total. The monoisotopic (exact) mass is 256 g/mol. The Morgan fingerprint density at radius 1 is 1.44 bits per heavy atom. The SMILES string of the molecule is COC(C)CCC(NN)C1CCOC2(CCC2)C1. The fourth-order valence-electron chi connectivity index (χ4n) is 3.32. The van der Waals surface area contributed by atoms with E-state index in [1.807, 2.05) is 0 Å². The molecule has 1 spiro atoms. The summed E-state index contributed by atoms with van der Waals surface area (Å²) in [6, 6.07) is 0.406. The summed E-state index contributed by atoms with van der Waals surface area (Å²) in [5.74, 6) is 6.41. The Hall–Kier alpha value is -0.160. The van der Waals surface area contributed by atoms with Crippen LogP contribution < -0.4 is 11.3 Å². The largest absolute Gasteiger partial charge is 0.382 e. The third-order valence-corrected chi connectivity index (χ3v) is 4.87. The fraction of sp³-hybridized carbons (Fsp3) is 1.00. The summed E-state index contributed by atoms with van der Waals surface area (Å²) in [4.78, 5) is 0. The van der Waals surface area contributed by atoms with E-state index in [0.717, 1.165) is 25.9 Å². The quantitative estimate of drug-likeness (QED) is 0.563. The van der Waals surface area contributed by atoms with E-state index in [1.165, 1.54) is 25.7 Å². The molecule has 1 aliphatic carbocycles. The first kappa shape index (κ1) is 14.3. The average molecular weight is 256 g/mol. The lowest BCUT2D eigenvalue weighted by Gasteiger charge is -2.48. The molecular formula is C14H28N2O2. The maximum absolute atomic E-state index is 5.98. The van der Waals surface area contributed by atoms with E-state index < -0.39 is 0 Å². The highest BCUT2D eigenvalue weighted by Crippen LogP contribution is 2.45. The third kappa shape index (κ3) is 3.23. The number of nitrogens with one attached hydrogen (secondary N) is 1. The number of methoxy groups -OCH3 is 1. The molecule has 0 aromatic carbocycles. The number of hydrazine groups is 1. The summed E-state index contributed by atoms with van der Waals surface area (Å²) in [5.41, 5.74) is 3.24. The van der Waals surface area contributed by atoms with Crippen LogP contribution in [-0.4, -0.2) is 31.5 Å². The van der Waals surface area contributed by atoms with Crippen molar-refractivity contribution in [3.63, 3.8) is 0 Å². The summed E-state index contributed by atoms with van der Waals surface area (Å²) < 4.78 is 11.3. The van der Waals surface area contributed by atoms with Crippen molar-refractivity contribution in [2.45, 2.75) is 69.6 Å². The lowest BCUT2D eigenvalue weighted by molar-refractivity contribution is -0.147. The molecule has 0 aromatic rings. The molecule has 0 aromatic heterocycles. The highest BCUT2D eigenvalue weighted by atomic mass is 16.5. The first-order valence-electron chi connectivity index (χ1n) is 7.32. The van der Waals surface area contributed by atoms with Gasteiger partial charge in [-0.1, -0.05) is 0 Å². The molecule has 1 heterocycles. The van der Waals surface area contributed by atoms with Gasteiger partial charge in [0.05, 0.1) is 11.7 Å². The molecule has 18 heavy (non-hydrogen) atoms. The molecule has 2 rings (SSSR count). The van der Waals surface area contributed by atoms with E-state index in [9.17, 15) is 0 Å². The molecule has 0 amide bonds. The average Bonchev–Trinajstić information content (AvgIpc) is 2.37. The topological polar surface area (TPSA) is 56.5 Å². The standard InChI is InChI=1S/C14H28N2O2/c1-11(17-2)4-5-13(16-15)12-6-9-18-14(10-12)7-3-8-14/h11-13,16H,3-10,15H2,1-2H3. The minimum atomic E-state index is 0.213. The second-order valence-electron chi connectivity index (χ2n) is 6.03. The normalized spacial score (nSPS) is 29.8. The van der Waals surface area contributed by atoms with Crippen molar-refractivity contribution < 1.29 is 9.47 Å². The van der Waals surface area contributed by atoms with Gasteiger partial charge in [0.1, 0.15) is 0 Å². The first-order valence-corrected chi connectivity index (χ1v) is 7.32. The highest BCUT2D eigenvalue weighted by molar-refractivity contribution is 4.96. The zero-order valence-electron chi connectivity index (χ0n) is 11.8. The number of hydrogen-bond donors (Lipinski definition) is 2. The van der Waals surface area contributed by atoms with Crippen LogP contribution in [0.3, 0.4) is 0 Å². The molecule has 1 saturated heterocycles. The van der Waals surface area contributed by atoms with Gasteiger partial charge in [-0.15, -0.1) is 0 Å². The second-order valence-corrected chi connectivity index (χ2v) is 6.03. The predicted octanol–water partition coefficient (Wildman–Crippen LogP) is 1.98. The van der Waals surface area contributed by atoms with Gasteiger partial charge in [-0.25, -0.2) is 0 Å². The lowest BCUT2D eigenvalue weighted by Crippen LogP contribution is -2.51. The number of nitrogens with two attached hydrogens (primary N) is 1. The molecule has 3 N–H and O–H groups in total. The summed E-state index contributed by atoms with van der Waals surface area (Å²) in [6.07, 6.45) is 8.61. The number of rotatable bonds is 6. The summed E-state index contributed by atoms with van der Waals surface area (Å²) in [5, 5.41) is 0. The van der Waals surface area contributed by atoms with Crippen LogP contribution in [0, 0.1) is 5.92 Å². The second kappa shape index (κ2) is 6.33. The number of ether oxygens (including phenoxy) is 2. The minimum absolute atomic E-state index is 0.213. The van der Waals surface area contributed by atoms with Crippen molar-refractivity contribution in [2.75, 3.05) is 13.7 Å². The van der Waals surface area contributed by atoms with E-state index in [1.54, 1.807) is 7.11 Å². The van der Waals surface area contributed by atoms with Crippen molar-refractivity contribution in [3.05, 3.63) is 0 Å². The van der Waals surface area contributed by atoms with E-state index in [-0.39, 0.29) is 5.60 Å². The van der Waals surface area contributed by atoms with E-state index in [4.69, 9.17) is 15.3 Å². The third-order valence-electron chi connectivity index (χ3n) is 4.87. The zero-order valence-corrected chi connectivity index (χ0v) is 11.8. The van der Waals surface area contributed by atoms with Gasteiger partial charge in [0.15, 0.2) is 0 Å². The molecule has 4 heteroatoms. The lowest BCUT2D eigenvalue weighted by atomic mass is 9.70. The van der Waals surface area contributed by atoms with Gasteiger partial charge in [-0.2, -0.15) is 0 Å². The molecule has 2 aliphatic rings. The molecule has 106 valence electrons.